The number of hydrogen-bond donors (Lipinski definition) is 1. The van der Waals surface area contributed by atoms with Gasteiger partial charge in [0.2, 0.25) is 0 Å². The molecule has 24 heavy (non-hydrogen) atoms. The van der Waals surface area contributed by atoms with Crippen molar-refractivity contribution in [3.8, 4) is 0 Å². The van der Waals surface area contributed by atoms with Crippen molar-refractivity contribution in [1.29, 1.82) is 0 Å². The predicted molar refractivity (Wildman–Crippen MR) is 91.9 cm³/mol. The SMILES string of the molecule is CC(C)c1ccc(NC(=O)N2CC[C@H]3OCCN(C)[C@H]3C2)cc1F. The van der Waals surface area contributed by atoms with Crippen LogP contribution >= 0.6 is 0 Å². The molecule has 2 heterocycles. The number of hydrogen-bond acceptors (Lipinski definition) is 3. The molecule has 2 aliphatic rings. The van der Waals surface area contributed by atoms with Gasteiger partial charge in [0.15, 0.2) is 0 Å². The van der Waals surface area contributed by atoms with Crippen LogP contribution in [-0.4, -0.2) is 61.3 Å². The fourth-order valence-electron chi connectivity index (χ4n) is 3.50. The van der Waals surface area contributed by atoms with Gasteiger partial charge in [-0.3, -0.25) is 4.90 Å². The number of benzene rings is 1. The van der Waals surface area contributed by atoms with Gasteiger partial charge in [0.05, 0.1) is 18.8 Å². The molecule has 2 amide bonds. The van der Waals surface area contributed by atoms with Crippen molar-refractivity contribution in [2.24, 2.45) is 0 Å². The quantitative estimate of drug-likeness (QED) is 0.904. The number of amides is 2. The fraction of sp³-hybridized carbons (Fsp3) is 0.611. The maximum Gasteiger partial charge on any atom is 0.321 e. The summed E-state index contributed by atoms with van der Waals surface area (Å²) in [7, 11) is 2.07. The van der Waals surface area contributed by atoms with Crippen molar-refractivity contribution in [3.63, 3.8) is 0 Å². The molecule has 6 heteroatoms. The first kappa shape index (κ1) is 17.2. The van der Waals surface area contributed by atoms with E-state index in [9.17, 15) is 9.18 Å². The second kappa shape index (κ2) is 7.07. The lowest BCUT2D eigenvalue weighted by atomic mass is 9.99. The third-order valence-corrected chi connectivity index (χ3v) is 5.02. The molecular weight excluding hydrogens is 309 g/mol. The Morgan fingerprint density at radius 3 is 2.88 bits per heavy atom. The smallest absolute Gasteiger partial charge is 0.321 e. The summed E-state index contributed by atoms with van der Waals surface area (Å²) in [6.45, 7) is 6.84. The summed E-state index contributed by atoms with van der Waals surface area (Å²) >= 11 is 0. The van der Waals surface area contributed by atoms with Gasteiger partial charge >= 0.3 is 6.03 Å². The lowest BCUT2D eigenvalue weighted by molar-refractivity contribution is -0.0875. The Kier molecular flexibility index (Phi) is 5.06. The summed E-state index contributed by atoms with van der Waals surface area (Å²) < 4.78 is 19.9. The molecule has 2 aliphatic heterocycles. The van der Waals surface area contributed by atoms with Crippen LogP contribution in [0.4, 0.5) is 14.9 Å². The van der Waals surface area contributed by atoms with E-state index in [0.29, 0.717) is 24.3 Å². The molecule has 2 atom stereocenters. The molecule has 1 N–H and O–H groups in total. The maximum atomic E-state index is 14.1. The molecule has 0 radical (unpaired) electrons. The third-order valence-electron chi connectivity index (χ3n) is 5.02. The van der Waals surface area contributed by atoms with E-state index in [4.69, 9.17) is 4.74 Å². The van der Waals surface area contributed by atoms with E-state index in [1.165, 1.54) is 6.07 Å². The number of carbonyl (C=O) groups is 1. The van der Waals surface area contributed by atoms with Crippen LogP contribution in [-0.2, 0) is 4.74 Å². The molecule has 132 valence electrons. The maximum absolute atomic E-state index is 14.1. The topological polar surface area (TPSA) is 44.8 Å². The average Bonchev–Trinajstić information content (AvgIpc) is 2.54. The number of morpholine rings is 1. The molecule has 0 saturated carbocycles. The zero-order valence-electron chi connectivity index (χ0n) is 14.6. The lowest BCUT2D eigenvalue weighted by Crippen LogP contribution is -2.60. The molecular formula is C18H26FN3O2. The Morgan fingerprint density at radius 1 is 1.38 bits per heavy atom. The molecule has 0 aromatic heterocycles. The fourth-order valence-corrected chi connectivity index (χ4v) is 3.50. The van der Waals surface area contributed by atoms with Crippen LogP contribution in [0.1, 0.15) is 31.7 Å². The molecule has 0 unspecified atom stereocenters. The highest BCUT2D eigenvalue weighted by Crippen LogP contribution is 2.24. The average molecular weight is 335 g/mol. The third kappa shape index (κ3) is 3.54. The van der Waals surface area contributed by atoms with Gasteiger partial charge in [-0.15, -0.1) is 0 Å². The number of likely N-dealkylation sites (N-methyl/N-ethyl adjacent to an activating group) is 1. The van der Waals surface area contributed by atoms with Gasteiger partial charge in [-0.05, 0) is 37.1 Å². The van der Waals surface area contributed by atoms with E-state index in [2.05, 4.69) is 17.3 Å². The van der Waals surface area contributed by atoms with E-state index < -0.39 is 0 Å². The van der Waals surface area contributed by atoms with Gasteiger partial charge < -0.3 is 15.0 Å². The molecule has 0 aliphatic carbocycles. The second-order valence-electron chi connectivity index (χ2n) is 7.01. The Balaban J connectivity index is 1.64. The largest absolute Gasteiger partial charge is 0.375 e. The summed E-state index contributed by atoms with van der Waals surface area (Å²) in [5.74, 6) is -0.155. The van der Waals surface area contributed by atoms with Gasteiger partial charge in [0, 0.05) is 25.3 Å². The monoisotopic (exact) mass is 335 g/mol. The number of rotatable bonds is 2. The van der Waals surface area contributed by atoms with Crippen LogP contribution in [0.25, 0.3) is 0 Å². The first-order valence-corrected chi connectivity index (χ1v) is 8.63. The second-order valence-corrected chi connectivity index (χ2v) is 7.01. The molecule has 2 fully saturated rings. The molecule has 0 spiro atoms. The highest BCUT2D eigenvalue weighted by molar-refractivity contribution is 5.89. The molecule has 2 saturated heterocycles. The minimum Gasteiger partial charge on any atom is -0.375 e. The number of nitrogens with one attached hydrogen (secondary N) is 1. The Morgan fingerprint density at radius 2 is 2.17 bits per heavy atom. The van der Waals surface area contributed by atoms with Crippen molar-refractivity contribution in [3.05, 3.63) is 29.6 Å². The van der Waals surface area contributed by atoms with Crippen LogP contribution in [0.5, 0.6) is 0 Å². The summed E-state index contributed by atoms with van der Waals surface area (Å²) in [4.78, 5) is 16.6. The molecule has 3 rings (SSSR count). The standard InChI is InChI=1S/C18H26FN3O2/c1-12(2)14-5-4-13(10-15(14)19)20-18(23)22-7-6-17-16(11-22)21(3)8-9-24-17/h4-5,10,12,16-17H,6-9,11H2,1-3H3,(H,20,23)/t16-,17+/m0/s1. The minimum absolute atomic E-state index is 0.121. The normalized spacial score (nSPS) is 24.8. The van der Waals surface area contributed by atoms with E-state index in [1.807, 2.05) is 13.8 Å². The summed E-state index contributed by atoms with van der Waals surface area (Å²) in [6, 6.07) is 4.96. The molecule has 1 aromatic rings. The van der Waals surface area contributed by atoms with Crippen LogP contribution in [0, 0.1) is 5.82 Å². The molecule has 0 bridgehead atoms. The van der Waals surface area contributed by atoms with Crippen LogP contribution in [0.15, 0.2) is 18.2 Å². The first-order valence-electron chi connectivity index (χ1n) is 8.63. The van der Waals surface area contributed by atoms with Crippen molar-refractivity contribution in [1.82, 2.24) is 9.80 Å². The van der Waals surface area contributed by atoms with E-state index >= 15 is 0 Å². The Bertz CT molecular complexity index is 608. The van der Waals surface area contributed by atoms with Gasteiger partial charge in [-0.1, -0.05) is 19.9 Å². The van der Waals surface area contributed by atoms with Crippen molar-refractivity contribution >= 4 is 11.7 Å². The number of urea groups is 1. The van der Waals surface area contributed by atoms with Gasteiger partial charge in [-0.25, -0.2) is 9.18 Å². The number of ether oxygens (including phenoxy) is 1. The van der Waals surface area contributed by atoms with E-state index in [1.54, 1.807) is 17.0 Å². The van der Waals surface area contributed by atoms with Gasteiger partial charge in [-0.2, -0.15) is 0 Å². The Hall–Kier alpha value is -1.66. The number of likely N-dealkylation sites (tertiary alicyclic amines) is 1. The first-order chi connectivity index (χ1) is 11.5. The van der Waals surface area contributed by atoms with Gasteiger partial charge in [0.25, 0.3) is 0 Å². The van der Waals surface area contributed by atoms with Crippen LogP contribution in [0.3, 0.4) is 0 Å². The van der Waals surface area contributed by atoms with Crippen LogP contribution in [0.2, 0.25) is 0 Å². The van der Waals surface area contributed by atoms with Gasteiger partial charge in [0.1, 0.15) is 5.82 Å². The summed E-state index contributed by atoms with van der Waals surface area (Å²) in [6.07, 6.45) is 1.04. The number of piperidine rings is 1. The number of nitrogens with zero attached hydrogens (tertiary/aromatic N) is 2. The van der Waals surface area contributed by atoms with Crippen molar-refractivity contribution < 1.29 is 13.9 Å². The molecule has 5 nitrogen and oxygen atoms in total. The summed E-state index contributed by atoms with van der Waals surface area (Å²) in [5, 5.41) is 2.82. The zero-order chi connectivity index (χ0) is 17.3. The van der Waals surface area contributed by atoms with Crippen molar-refractivity contribution in [2.75, 3.05) is 38.6 Å². The van der Waals surface area contributed by atoms with E-state index in [0.717, 1.165) is 19.6 Å². The number of carbonyl (C=O) groups excluding carboxylic acids is 1. The number of anilines is 1. The Labute approximate surface area is 142 Å². The molecule has 1 aromatic carbocycles. The summed E-state index contributed by atoms with van der Waals surface area (Å²) in [5.41, 5.74) is 1.16. The zero-order valence-corrected chi connectivity index (χ0v) is 14.6. The number of halogens is 1. The van der Waals surface area contributed by atoms with Crippen LogP contribution < -0.4 is 5.32 Å². The van der Waals surface area contributed by atoms with E-state index in [-0.39, 0.29) is 29.9 Å². The highest BCUT2D eigenvalue weighted by Gasteiger charge is 2.36. The number of fused-ring (bicyclic) bond motifs is 1. The lowest BCUT2D eigenvalue weighted by Gasteiger charge is -2.45. The highest BCUT2D eigenvalue weighted by atomic mass is 19.1. The minimum atomic E-state index is -0.276. The predicted octanol–water partition coefficient (Wildman–Crippen LogP) is 2.89. The van der Waals surface area contributed by atoms with Crippen molar-refractivity contribution in [2.45, 2.75) is 38.3 Å².